The van der Waals surface area contributed by atoms with Gasteiger partial charge in [-0.25, -0.2) is 4.39 Å². The molecule has 9 heteroatoms. The number of aromatic nitrogens is 4. The molecular formula is C26H23FN6O2. The highest BCUT2D eigenvalue weighted by molar-refractivity contribution is 5.74. The van der Waals surface area contributed by atoms with Crippen LogP contribution in [0.1, 0.15) is 36.8 Å². The molecule has 2 aromatic carbocycles. The average Bonchev–Trinajstić information content (AvgIpc) is 3.52. The maximum atomic E-state index is 13.5. The molecule has 0 bridgehead atoms. The monoisotopic (exact) mass is 470 g/mol. The Kier molecular flexibility index (Phi) is 5.94. The SMILES string of the molecule is CCCCOc1ccc(-c2[nH]nc3c2[C@@H](c2cn[nH]c2-c2ccc(F)cc2)C(C#N)=C(N)O3)cc1. The van der Waals surface area contributed by atoms with Crippen molar-refractivity contribution in [1.82, 2.24) is 20.4 Å². The molecule has 2 aromatic heterocycles. The van der Waals surface area contributed by atoms with Crippen LogP contribution in [0.3, 0.4) is 0 Å². The van der Waals surface area contributed by atoms with E-state index in [2.05, 4.69) is 33.4 Å². The molecule has 1 atom stereocenters. The van der Waals surface area contributed by atoms with E-state index in [-0.39, 0.29) is 23.2 Å². The van der Waals surface area contributed by atoms with E-state index in [1.54, 1.807) is 18.3 Å². The lowest BCUT2D eigenvalue weighted by Gasteiger charge is -2.24. The predicted octanol–water partition coefficient (Wildman–Crippen LogP) is 5.00. The van der Waals surface area contributed by atoms with E-state index < -0.39 is 5.92 Å². The third kappa shape index (κ3) is 4.10. The number of benzene rings is 2. The minimum absolute atomic E-state index is 0.0195. The minimum Gasteiger partial charge on any atom is -0.494 e. The Hall–Kier alpha value is -4.58. The van der Waals surface area contributed by atoms with E-state index in [0.29, 0.717) is 29.1 Å². The summed E-state index contributed by atoms with van der Waals surface area (Å²) < 4.78 is 25.0. The lowest BCUT2D eigenvalue weighted by atomic mass is 9.82. The first-order chi connectivity index (χ1) is 17.1. The number of hydrogen-bond acceptors (Lipinski definition) is 6. The molecule has 0 spiro atoms. The van der Waals surface area contributed by atoms with Gasteiger partial charge < -0.3 is 15.2 Å². The summed E-state index contributed by atoms with van der Waals surface area (Å²) in [6, 6.07) is 15.9. The summed E-state index contributed by atoms with van der Waals surface area (Å²) in [5, 5.41) is 24.6. The van der Waals surface area contributed by atoms with E-state index in [9.17, 15) is 9.65 Å². The highest BCUT2D eigenvalue weighted by Crippen LogP contribution is 2.47. The molecule has 3 heterocycles. The van der Waals surface area contributed by atoms with Gasteiger partial charge in [-0.05, 0) is 55.0 Å². The van der Waals surface area contributed by atoms with Gasteiger partial charge in [0.05, 0.1) is 35.7 Å². The Balaban J connectivity index is 1.59. The molecular weight excluding hydrogens is 447 g/mol. The number of fused-ring (bicyclic) bond motifs is 1. The summed E-state index contributed by atoms with van der Waals surface area (Å²) in [5.41, 5.74) is 10.6. The third-order valence-electron chi connectivity index (χ3n) is 5.96. The average molecular weight is 471 g/mol. The molecule has 5 rings (SSSR count). The number of halogens is 1. The second kappa shape index (κ2) is 9.35. The molecule has 35 heavy (non-hydrogen) atoms. The fourth-order valence-corrected chi connectivity index (χ4v) is 4.19. The van der Waals surface area contributed by atoms with Gasteiger partial charge in [-0.3, -0.25) is 10.2 Å². The highest BCUT2D eigenvalue weighted by Gasteiger charge is 2.37. The van der Waals surface area contributed by atoms with Crippen LogP contribution in [0.15, 0.2) is 66.2 Å². The van der Waals surface area contributed by atoms with Gasteiger partial charge in [0.2, 0.25) is 11.8 Å². The van der Waals surface area contributed by atoms with Crippen LogP contribution >= 0.6 is 0 Å². The maximum Gasteiger partial charge on any atom is 0.244 e. The van der Waals surface area contributed by atoms with Crippen molar-refractivity contribution in [1.29, 1.82) is 5.26 Å². The van der Waals surface area contributed by atoms with Crippen molar-refractivity contribution < 1.29 is 13.9 Å². The number of rotatable bonds is 7. The third-order valence-corrected chi connectivity index (χ3v) is 5.96. The lowest BCUT2D eigenvalue weighted by Crippen LogP contribution is -2.21. The van der Waals surface area contributed by atoms with Crippen LogP contribution in [0.4, 0.5) is 4.39 Å². The van der Waals surface area contributed by atoms with Crippen molar-refractivity contribution in [3.05, 3.63) is 83.1 Å². The molecule has 0 unspecified atom stereocenters. The van der Waals surface area contributed by atoms with Crippen LogP contribution in [0.2, 0.25) is 0 Å². The molecule has 0 saturated carbocycles. The van der Waals surface area contributed by atoms with Crippen molar-refractivity contribution >= 4 is 0 Å². The number of hydrogen-bond donors (Lipinski definition) is 3. The van der Waals surface area contributed by atoms with Gasteiger partial charge in [-0.15, -0.1) is 5.10 Å². The summed E-state index contributed by atoms with van der Waals surface area (Å²) in [7, 11) is 0. The van der Waals surface area contributed by atoms with E-state index >= 15 is 0 Å². The molecule has 0 fully saturated rings. The zero-order chi connectivity index (χ0) is 24.4. The zero-order valence-electron chi connectivity index (χ0n) is 19.0. The zero-order valence-corrected chi connectivity index (χ0v) is 19.0. The Morgan fingerprint density at radius 3 is 2.51 bits per heavy atom. The van der Waals surface area contributed by atoms with Crippen LogP contribution in [0.25, 0.3) is 22.5 Å². The molecule has 0 radical (unpaired) electrons. The first kappa shape index (κ1) is 22.2. The first-order valence-electron chi connectivity index (χ1n) is 11.3. The smallest absolute Gasteiger partial charge is 0.244 e. The number of ether oxygens (including phenoxy) is 2. The Bertz CT molecular complexity index is 1410. The van der Waals surface area contributed by atoms with Crippen LogP contribution in [0, 0.1) is 17.1 Å². The summed E-state index contributed by atoms with van der Waals surface area (Å²) in [6.07, 6.45) is 3.69. The number of nitriles is 1. The molecule has 1 aliphatic rings. The number of nitrogens with zero attached hydrogens (tertiary/aromatic N) is 3. The van der Waals surface area contributed by atoms with Crippen molar-refractivity contribution in [2.45, 2.75) is 25.7 Å². The molecule has 176 valence electrons. The van der Waals surface area contributed by atoms with Crippen LogP contribution in [-0.4, -0.2) is 27.0 Å². The first-order valence-corrected chi connectivity index (χ1v) is 11.3. The van der Waals surface area contributed by atoms with Gasteiger partial charge in [0.25, 0.3) is 0 Å². The normalized spacial score (nSPS) is 14.8. The van der Waals surface area contributed by atoms with Gasteiger partial charge >= 0.3 is 0 Å². The van der Waals surface area contributed by atoms with Crippen molar-refractivity contribution in [2.75, 3.05) is 6.61 Å². The molecule has 1 aliphatic heterocycles. The Morgan fingerprint density at radius 1 is 1.09 bits per heavy atom. The second-order valence-electron chi connectivity index (χ2n) is 8.18. The summed E-state index contributed by atoms with van der Waals surface area (Å²) in [4.78, 5) is 0. The quantitative estimate of drug-likeness (QED) is 0.326. The van der Waals surface area contributed by atoms with Gasteiger partial charge in [-0.2, -0.15) is 10.4 Å². The maximum absolute atomic E-state index is 13.5. The van der Waals surface area contributed by atoms with Crippen molar-refractivity contribution in [3.63, 3.8) is 0 Å². The standard InChI is InChI=1S/C26H23FN6O2/c1-2-3-12-34-18-10-6-16(7-11-18)24-22-21(19(13-28)25(29)35-26(22)33-32-24)20-14-30-31-23(20)15-4-8-17(27)9-5-15/h4-11,14,21H,2-3,12,29H2,1H3,(H,30,31)(H,32,33)/t21-/m1/s1. The van der Waals surface area contributed by atoms with Crippen molar-refractivity contribution in [2.24, 2.45) is 5.73 Å². The highest BCUT2D eigenvalue weighted by atomic mass is 19.1. The van der Waals surface area contributed by atoms with Gasteiger partial charge in [0.1, 0.15) is 23.2 Å². The molecule has 0 amide bonds. The second-order valence-corrected chi connectivity index (χ2v) is 8.18. The van der Waals surface area contributed by atoms with Crippen LogP contribution in [0.5, 0.6) is 11.6 Å². The minimum atomic E-state index is -0.600. The number of H-pyrrole nitrogens is 2. The molecule has 8 nitrogen and oxygen atoms in total. The van der Waals surface area contributed by atoms with E-state index in [1.165, 1.54) is 12.1 Å². The largest absolute Gasteiger partial charge is 0.494 e. The van der Waals surface area contributed by atoms with Crippen molar-refractivity contribution in [3.8, 4) is 40.2 Å². The number of aromatic amines is 2. The summed E-state index contributed by atoms with van der Waals surface area (Å²) in [6.45, 7) is 2.78. The number of unbranched alkanes of at least 4 members (excludes halogenated alkanes) is 1. The fourth-order valence-electron chi connectivity index (χ4n) is 4.19. The van der Waals surface area contributed by atoms with E-state index in [1.807, 2.05) is 24.3 Å². The lowest BCUT2D eigenvalue weighted by molar-refractivity contribution is 0.309. The number of nitrogens with two attached hydrogens (primary N) is 1. The number of nitrogens with one attached hydrogen (secondary N) is 2. The Morgan fingerprint density at radius 2 is 1.80 bits per heavy atom. The fraction of sp³-hybridized carbons (Fsp3) is 0.192. The summed E-state index contributed by atoms with van der Waals surface area (Å²) >= 11 is 0. The molecule has 4 N–H and O–H groups in total. The van der Waals surface area contributed by atoms with E-state index in [0.717, 1.165) is 29.7 Å². The number of allylic oxidation sites excluding steroid dienone is 1. The molecule has 0 aliphatic carbocycles. The Labute approximate surface area is 201 Å². The van der Waals surface area contributed by atoms with Gasteiger partial charge in [0.15, 0.2) is 0 Å². The topological polar surface area (TPSA) is 126 Å². The van der Waals surface area contributed by atoms with Gasteiger partial charge in [-0.1, -0.05) is 13.3 Å². The predicted molar refractivity (Wildman–Crippen MR) is 128 cm³/mol. The van der Waals surface area contributed by atoms with Crippen LogP contribution in [-0.2, 0) is 0 Å². The van der Waals surface area contributed by atoms with E-state index in [4.69, 9.17) is 15.2 Å². The van der Waals surface area contributed by atoms with Gasteiger partial charge in [0, 0.05) is 16.7 Å². The molecule has 0 saturated heterocycles. The van der Waals surface area contributed by atoms with Crippen LogP contribution < -0.4 is 15.2 Å². The molecule has 4 aromatic rings. The summed E-state index contributed by atoms with van der Waals surface area (Å²) in [5.74, 6) is 0.102.